The summed E-state index contributed by atoms with van der Waals surface area (Å²) in [6.45, 7) is 7.18. The number of hydrogen-bond donors (Lipinski definition) is 1. The minimum atomic E-state index is -0.376. The molecule has 1 saturated heterocycles. The fourth-order valence-corrected chi connectivity index (χ4v) is 5.77. The zero-order chi connectivity index (χ0) is 26.5. The second kappa shape index (κ2) is 12.0. The van der Waals surface area contributed by atoms with Crippen molar-refractivity contribution < 1.29 is 14.3 Å². The third-order valence-electron chi connectivity index (χ3n) is 7.64. The van der Waals surface area contributed by atoms with Crippen molar-refractivity contribution in [2.24, 2.45) is 5.92 Å². The van der Waals surface area contributed by atoms with E-state index in [4.69, 9.17) is 0 Å². The van der Waals surface area contributed by atoms with Gasteiger partial charge in [-0.1, -0.05) is 42.5 Å². The molecule has 0 bridgehead atoms. The fourth-order valence-electron chi connectivity index (χ4n) is 5.77. The summed E-state index contributed by atoms with van der Waals surface area (Å²) in [4.78, 5) is 18.7. The fraction of sp³-hybridized carbons (Fsp3) is 0.406. The Hall–Kier alpha value is -3.02. The van der Waals surface area contributed by atoms with Gasteiger partial charge in [0.1, 0.15) is 11.6 Å². The lowest BCUT2D eigenvalue weighted by Gasteiger charge is -2.44. The Morgan fingerprint density at radius 3 is 2.59 bits per heavy atom. The lowest BCUT2D eigenvalue weighted by molar-refractivity contribution is 0.0735. The van der Waals surface area contributed by atoms with E-state index in [1.165, 1.54) is 6.07 Å². The average molecular weight is 502 g/mol. The molecular weight excluding hydrogens is 463 g/mol. The van der Waals surface area contributed by atoms with Crippen LogP contribution in [0.15, 0.2) is 60.7 Å². The number of carbonyl (C=O) groups is 1. The molecular formula is C32H38FN2O2. The third kappa shape index (κ3) is 6.46. The van der Waals surface area contributed by atoms with Crippen LogP contribution in [-0.4, -0.2) is 61.0 Å². The largest absolute Gasteiger partial charge is 0.508 e. The predicted molar refractivity (Wildman–Crippen MR) is 147 cm³/mol. The molecule has 3 aromatic rings. The van der Waals surface area contributed by atoms with Gasteiger partial charge in [0.05, 0.1) is 0 Å². The molecule has 0 aliphatic carbocycles. The summed E-state index contributed by atoms with van der Waals surface area (Å²) in [7, 11) is 4.17. The van der Waals surface area contributed by atoms with E-state index in [2.05, 4.69) is 42.1 Å². The number of piperidine rings is 1. The van der Waals surface area contributed by atoms with Crippen molar-refractivity contribution in [2.45, 2.75) is 38.5 Å². The summed E-state index contributed by atoms with van der Waals surface area (Å²) in [6, 6.07) is 21.2. The summed E-state index contributed by atoms with van der Waals surface area (Å²) in [5.41, 5.74) is 4.18. The molecule has 1 N–H and O–H groups in total. The molecule has 3 atom stereocenters. The Morgan fingerprint density at radius 1 is 1.08 bits per heavy atom. The number of unbranched alkanes of at least 4 members (excludes halogenated alkanes) is 1. The molecule has 4 nitrogen and oxygen atoms in total. The van der Waals surface area contributed by atoms with Gasteiger partial charge in [-0.15, -0.1) is 0 Å². The molecule has 1 fully saturated rings. The number of rotatable bonds is 9. The van der Waals surface area contributed by atoms with E-state index in [1.807, 2.05) is 26.0 Å². The quantitative estimate of drug-likeness (QED) is 0.290. The van der Waals surface area contributed by atoms with Gasteiger partial charge in [-0.3, -0.25) is 4.79 Å². The zero-order valence-corrected chi connectivity index (χ0v) is 22.4. The maximum absolute atomic E-state index is 14.8. The van der Waals surface area contributed by atoms with Crippen LogP contribution in [0.2, 0.25) is 0 Å². The van der Waals surface area contributed by atoms with Crippen molar-refractivity contribution in [2.75, 3.05) is 40.3 Å². The molecule has 1 radical (unpaired) electrons. The molecule has 1 aliphatic rings. The van der Waals surface area contributed by atoms with Gasteiger partial charge in [-0.25, -0.2) is 4.39 Å². The molecule has 195 valence electrons. The molecule has 0 aromatic heterocycles. The first-order valence-electron chi connectivity index (χ1n) is 13.2. The molecule has 0 saturated carbocycles. The van der Waals surface area contributed by atoms with E-state index in [0.717, 1.165) is 49.2 Å². The molecule has 3 aromatic carbocycles. The zero-order valence-electron chi connectivity index (χ0n) is 22.4. The number of aromatic hydroxyl groups is 1. The van der Waals surface area contributed by atoms with Crippen LogP contribution in [-0.2, 0) is 0 Å². The summed E-state index contributed by atoms with van der Waals surface area (Å²) in [5, 5.41) is 10.1. The van der Waals surface area contributed by atoms with Gasteiger partial charge in [0.25, 0.3) is 0 Å². The Morgan fingerprint density at radius 2 is 1.86 bits per heavy atom. The van der Waals surface area contributed by atoms with Crippen LogP contribution in [0, 0.1) is 31.6 Å². The number of nitrogens with zero attached hydrogens (tertiary/aromatic N) is 2. The first kappa shape index (κ1) is 27.0. The van der Waals surface area contributed by atoms with Crippen LogP contribution in [0.1, 0.15) is 57.3 Å². The molecule has 37 heavy (non-hydrogen) atoms. The van der Waals surface area contributed by atoms with Gasteiger partial charge in [-0.05, 0) is 100 Å². The smallest absolute Gasteiger partial charge is 0.167 e. The van der Waals surface area contributed by atoms with Crippen molar-refractivity contribution in [1.29, 1.82) is 0 Å². The normalized spacial score (nSPS) is 20.3. The monoisotopic (exact) mass is 501 g/mol. The second-order valence-corrected chi connectivity index (χ2v) is 10.7. The van der Waals surface area contributed by atoms with Crippen LogP contribution < -0.4 is 0 Å². The highest BCUT2D eigenvalue weighted by atomic mass is 19.1. The molecule has 5 heteroatoms. The highest BCUT2D eigenvalue weighted by Gasteiger charge is 2.43. The number of carbonyl (C=O) groups excluding carboxylic acids is 1. The van der Waals surface area contributed by atoms with Crippen LogP contribution in [0.4, 0.5) is 4.39 Å². The number of phenolic OH excluding ortho intramolecular Hbond substituents is 1. The third-order valence-corrected chi connectivity index (χ3v) is 7.64. The van der Waals surface area contributed by atoms with Gasteiger partial charge in [0, 0.05) is 36.4 Å². The number of hydrogen-bond acceptors (Lipinski definition) is 4. The minimum absolute atomic E-state index is 0.00762. The van der Waals surface area contributed by atoms with Crippen LogP contribution in [0.3, 0.4) is 0 Å². The number of aryl methyl sites for hydroxylation is 1. The van der Waals surface area contributed by atoms with Crippen molar-refractivity contribution in [3.8, 4) is 5.75 Å². The first-order valence-corrected chi connectivity index (χ1v) is 13.2. The van der Waals surface area contributed by atoms with Crippen molar-refractivity contribution in [3.63, 3.8) is 0 Å². The van der Waals surface area contributed by atoms with E-state index in [1.54, 1.807) is 30.3 Å². The molecule has 0 spiro atoms. The maximum atomic E-state index is 14.8. The number of likely N-dealkylation sites (tertiary alicyclic amines) is 1. The first-order chi connectivity index (χ1) is 17.7. The second-order valence-electron chi connectivity index (χ2n) is 10.7. The van der Waals surface area contributed by atoms with Gasteiger partial charge in [0.2, 0.25) is 0 Å². The number of phenols is 1. The van der Waals surface area contributed by atoms with Crippen LogP contribution in [0.25, 0.3) is 0 Å². The molecule has 1 aliphatic heterocycles. The molecule has 3 unspecified atom stereocenters. The minimum Gasteiger partial charge on any atom is -0.508 e. The molecule has 0 amide bonds. The molecule has 4 rings (SSSR count). The number of halogens is 1. The highest BCUT2D eigenvalue weighted by Crippen LogP contribution is 2.46. The number of ketones is 1. The summed E-state index contributed by atoms with van der Waals surface area (Å²) in [6.07, 6.45) is 2.13. The van der Waals surface area contributed by atoms with E-state index in [9.17, 15) is 14.3 Å². The lowest BCUT2D eigenvalue weighted by Crippen LogP contribution is -2.47. The number of benzene rings is 3. The van der Waals surface area contributed by atoms with Crippen molar-refractivity contribution >= 4 is 5.78 Å². The maximum Gasteiger partial charge on any atom is 0.167 e. The van der Waals surface area contributed by atoms with Crippen LogP contribution in [0.5, 0.6) is 5.75 Å². The van der Waals surface area contributed by atoms with Crippen LogP contribution >= 0.6 is 0 Å². The van der Waals surface area contributed by atoms with Crippen molar-refractivity contribution in [3.05, 3.63) is 100 Å². The average Bonchev–Trinajstić information content (AvgIpc) is 2.87. The topological polar surface area (TPSA) is 43.8 Å². The van der Waals surface area contributed by atoms with E-state index in [0.29, 0.717) is 17.7 Å². The highest BCUT2D eigenvalue weighted by molar-refractivity contribution is 5.99. The Bertz CT molecular complexity index is 1220. The lowest BCUT2D eigenvalue weighted by atomic mass is 9.67. The Kier molecular flexibility index (Phi) is 8.78. The summed E-state index contributed by atoms with van der Waals surface area (Å²) in [5.74, 6) is -0.728. The van der Waals surface area contributed by atoms with E-state index < -0.39 is 0 Å². The van der Waals surface area contributed by atoms with Crippen molar-refractivity contribution in [1.82, 2.24) is 9.80 Å². The Balaban J connectivity index is 1.78. The summed E-state index contributed by atoms with van der Waals surface area (Å²) < 4.78 is 14.8. The van der Waals surface area contributed by atoms with E-state index in [-0.39, 0.29) is 35.1 Å². The predicted octanol–water partition coefficient (Wildman–Crippen LogP) is 5.97. The Labute approximate surface area is 220 Å². The van der Waals surface area contributed by atoms with Gasteiger partial charge >= 0.3 is 0 Å². The van der Waals surface area contributed by atoms with Gasteiger partial charge < -0.3 is 14.9 Å². The van der Waals surface area contributed by atoms with Gasteiger partial charge in [-0.2, -0.15) is 0 Å². The van der Waals surface area contributed by atoms with E-state index >= 15 is 0 Å². The standard InChI is InChI=1S/C32H38FN2O2/c1-22-10-7-11-24(18-22)28-20-35(17-6-5-16-34(3)4)21-29(32(37)25-12-8-13-26(36)19-25)31(28)27-14-9-15-30(33)23(27)2/h7-9,11-15,18-19,28-29,31,36H,5-6,16-17,20-21H2,1-4H3. The number of Topliss-reactive ketones (excluding diaryl/α,β-unsaturated/α-hetero) is 1. The molecule has 1 heterocycles. The van der Waals surface area contributed by atoms with Gasteiger partial charge in [0.15, 0.2) is 5.78 Å². The SMILES string of the molecule is Cc1[c]ccc(C2CN(CCCCN(C)C)CC(C(=O)c3cccc(O)c3)C2c2cccc(F)c2C)c1. The summed E-state index contributed by atoms with van der Waals surface area (Å²) >= 11 is 0.